The zero-order valence-corrected chi connectivity index (χ0v) is 9.23. The average molecular weight is 229 g/mol. The molecule has 0 aliphatic carbocycles. The van der Waals surface area contributed by atoms with Crippen LogP contribution in [0.25, 0.3) is 11.5 Å². The summed E-state index contributed by atoms with van der Waals surface area (Å²) >= 11 is 7.21. The summed E-state index contributed by atoms with van der Waals surface area (Å²) in [5, 5.41) is 11.9. The average Bonchev–Trinajstić information content (AvgIpc) is 2.74. The number of halogens is 1. The smallest absolute Gasteiger partial charge is 0.248 e. The third-order valence-electron chi connectivity index (χ3n) is 1.86. The lowest BCUT2D eigenvalue weighted by atomic mass is 10.2. The van der Waals surface area contributed by atoms with E-state index in [-0.39, 0.29) is 0 Å². The Bertz CT molecular complexity index is 424. The largest absolute Gasteiger partial charge is 0.421 e. The van der Waals surface area contributed by atoms with Crippen molar-refractivity contribution in [3.8, 4) is 11.5 Å². The van der Waals surface area contributed by atoms with Gasteiger partial charge >= 0.3 is 0 Å². The number of rotatable bonds is 3. The molecule has 0 fully saturated rings. The van der Waals surface area contributed by atoms with Gasteiger partial charge in [0, 0.05) is 17.7 Å². The van der Waals surface area contributed by atoms with Gasteiger partial charge in [-0.3, -0.25) is 0 Å². The van der Waals surface area contributed by atoms with Gasteiger partial charge in [0.1, 0.15) is 0 Å². The second-order valence-corrected chi connectivity index (χ2v) is 4.03. The monoisotopic (exact) mass is 228 g/mol. The molecule has 14 heavy (non-hydrogen) atoms. The first-order chi connectivity index (χ1) is 6.81. The summed E-state index contributed by atoms with van der Waals surface area (Å²) < 4.78 is 5.45. The first-order valence-corrected chi connectivity index (χ1v) is 5.70. The predicted molar refractivity (Wildman–Crippen MR) is 56.8 cm³/mol. The van der Waals surface area contributed by atoms with E-state index in [0.717, 1.165) is 11.1 Å². The first-order valence-electron chi connectivity index (χ1n) is 4.23. The standard InChI is InChI=1S/C9H9ClN2OS/c1-6-4-14-5-7(6)9-12-11-8(13-9)2-3-10/h4-5H,2-3H2,1H3. The molecule has 0 amide bonds. The van der Waals surface area contributed by atoms with Crippen LogP contribution in [0.1, 0.15) is 11.5 Å². The molecule has 0 aliphatic heterocycles. The molecule has 2 aromatic rings. The molecule has 3 nitrogen and oxygen atoms in total. The van der Waals surface area contributed by atoms with Gasteiger partial charge in [-0.15, -0.1) is 21.8 Å². The zero-order chi connectivity index (χ0) is 9.97. The maximum absolute atomic E-state index is 5.58. The lowest BCUT2D eigenvalue weighted by molar-refractivity contribution is 0.513. The Kier molecular flexibility index (Phi) is 2.84. The van der Waals surface area contributed by atoms with Crippen molar-refractivity contribution < 1.29 is 4.42 Å². The molecular formula is C9H9ClN2OS. The molecular weight excluding hydrogens is 220 g/mol. The van der Waals surface area contributed by atoms with E-state index in [1.807, 2.05) is 12.3 Å². The highest BCUT2D eigenvalue weighted by molar-refractivity contribution is 7.08. The van der Waals surface area contributed by atoms with Crippen molar-refractivity contribution in [2.75, 3.05) is 5.88 Å². The van der Waals surface area contributed by atoms with Gasteiger partial charge in [-0.25, -0.2) is 0 Å². The van der Waals surface area contributed by atoms with Crippen molar-refractivity contribution in [3.63, 3.8) is 0 Å². The van der Waals surface area contributed by atoms with Crippen LogP contribution in [-0.2, 0) is 6.42 Å². The Morgan fingerprint density at radius 2 is 2.29 bits per heavy atom. The van der Waals surface area contributed by atoms with Crippen LogP contribution in [0, 0.1) is 6.92 Å². The van der Waals surface area contributed by atoms with Crippen molar-refractivity contribution in [2.45, 2.75) is 13.3 Å². The molecule has 0 saturated carbocycles. The van der Waals surface area contributed by atoms with E-state index in [0.29, 0.717) is 24.1 Å². The highest BCUT2D eigenvalue weighted by atomic mass is 35.5. The first kappa shape index (κ1) is 9.68. The van der Waals surface area contributed by atoms with Crippen molar-refractivity contribution in [1.82, 2.24) is 10.2 Å². The molecule has 74 valence electrons. The topological polar surface area (TPSA) is 38.9 Å². The Hall–Kier alpha value is -0.870. The van der Waals surface area contributed by atoms with Crippen molar-refractivity contribution in [2.24, 2.45) is 0 Å². The van der Waals surface area contributed by atoms with Gasteiger partial charge in [-0.05, 0) is 17.9 Å². The number of aryl methyl sites for hydroxylation is 2. The van der Waals surface area contributed by atoms with Crippen LogP contribution in [0.2, 0.25) is 0 Å². The van der Waals surface area contributed by atoms with Gasteiger partial charge in [0.2, 0.25) is 11.8 Å². The van der Waals surface area contributed by atoms with Crippen LogP contribution in [0.5, 0.6) is 0 Å². The Morgan fingerprint density at radius 3 is 2.93 bits per heavy atom. The molecule has 0 aliphatic rings. The van der Waals surface area contributed by atoms with E-state index in [1.165, 1.54) is 0 Å². The molecule has 0 bridgehead atoms. The number of thiophene rings is 1. The quantitative estimate of drug-likeness (QED) is 0.759. The molecule has 0 spiro atoms. The van der Waals surface area contributed by atoms with Crippen LogP contribution in [0.4, 0.5) is 0 Å². The van der Waals surface area contributed by atoms with E-state index < -0.39 is 0 Å². The van der Waals surface area contributed by atoms with Gasteiger partial charge in [-0.2, -0.15) is 11.3 Å². The van der Waals surface area contributed by atoms with Gasteiger partial charge in [0.05, 0.1) is 5.56 Å². The fraction of sp³-hybridized carbons (Fsp3) is 0.333. The zero-order valence-electron chi connectivity index (χ0n) is 7.66. The summed E-state index contributed by atoms with van der Waals surface area (Å²) in [5.41, 5.74) is 2.18. The number of hydrogen-bond donors (Lipinski definition) is 0. The van der Waals surface area contributed by atoms with Crippen LogP contribution >= 0.6 is 22.9 Å². The Labute approximate surface area is 90.7 Å². The Balaban J connectivity index is 2.29. The van der Waals surface area contributed by atoms with Gasteiger partial charge in [0.15, 0.2) is 0 Å². The van der Waals surface area contributed by atoms with E-state index >= 15 is 0 Å². The SMILES string of the molecule is Cc1cscc1-c1nnc(CCCl)o1. The molecule has 0 aromatic carbocycles. The molecule has 0 atom stereocenters. The lowest BCUT2D eigenvalue weighted by Crippen LogP contribution is -1.84. The van der Waals surface area contributed by atoms with Crippen molar-refractivity contribution in [3.05, 3.63) is 22.2 Å². The third kappa shape index (κ3) is 1.81. The normalized spacial score (nSPS) is 10.7. The molecule has 0 radical (unpaired) electrons. The second-order valence-electron chi connectivity index (χ2n) is 2.91. The van der Waals surface area contributed by atoms with Gasteiger partial charge in [0.25, 0.3) is 0 Å². The third-order valence-corrected chi connectivity index (χ3v) is 2.91. The lowest BCUT2D eigenvalue weighted by Gasteiger charge is -1.90. The van der Waals surface area contributed by atoms with Crippen LogP contribution in [0.3, 0.4) is 0 Å². The molecule has 2 heterocycles. The van der Waals surface area contributed by atoms with Crippen molar-refractivity contribution in [1.29, 1.82) is 0 Å². The van der Waals surface area contributed by atoms with Crippen LogP contribution in [0.15, 0.2) is 15.2 Å². The minimum absolute atomic E-state index is 0.504. The van der Waals surface area contributed by atoms with E-state index in [1.54, 1.807) is 11.3 Å². The second kappa shape index (κ2) is 4.11. The predicted octanol–water partition coefficient (Wildman–Crippen LogP) is 2.89. The number of nitrogens with zero attached hydrogens (tertiary/aromatic N) is 2. The minimum Gasteiger partial charge on any atom is -0.421 e. The number of aromatic nitrogens is 2. The van der Waals surface area contributed by atoms with Crippen molar-refractivity contribution >= 4 is 22.9 Å². The molecule has 0 N–H and O–H groups in total. The highest BCUT2D eigenvalue weighted by Gasteiger charge is 2.10. The fourth-order valence-electron chi connectivity index (χ4n) is 1.12. The molecule has 0 saturated heterocycles. The Morgan fingerprint density at radius 1 is 1.43 bits per heavy atom. The summed E-state index contributed by atoms with van der Waals surface area (Å²) in [6, 6.07) is 0. The van der Waals surface area contributed by atoms with Gasteiger partial charge < -0.3 is 4.42 Å². The highest BCUT2D eigenvalue weighted by Crippen LogP contribution is 2.25. The van der Waals surface area contributed by atoms with Gasteiger partial charge in [-0.1, -0.05) is 0 Å². The summed E-state index contributed by atoms with van der Waals surface area (Å²) in [7, 11) is 0. The maximum Gasteiger partial charge on any atom is 0.248 e. The summed E-state index contributed by atoms with van der Waals surface area (Å²) in [6.45, 7) is 2.03. The van der Waals surface area contributed by atoms with Crippen LogP contribution in [-0.4, -0.2) is 16.1 Å². The number of alkyl halides is 1. The fourth-order valence-corrected chi connectivity index (χ4v) is 2.11. The summed E-state index contributed by atoms with van der Waals surface area (Å²) in [4.78, 5) is 0. The molecule has 5 heteroatoms. The summed E-state index contributed by atoms with van der Waals surface area (Å²) in [5.74, 6) is 1.69. The van der Waals surface area contributed by atoms with E-state index in [4.69, 9.17) is 16.0 Å². The molecule has 0 unspecified atom stereocenters. The summed E-state index contributed by atoms with van der Waals surface area (Å²) in [6.07, 6.45) is 0.623. The minimum atomic E-state index is 0.504. The van der Waals surface area contributed by atoms with Crippen LogP contribution < -0.4 is 0 Å². The molecule has 2 aromatic heterocycles. The maximum atomic E-state index is 5.58. The van der Waals surface area contributed by atoms with E-state index in [9.17, 15) is 0 Å². The number of hydrogen-bond acceptors (Lipinski definition) is 4. The van der Waals surface area contributed by atoms with E-state index in [2.05, 4.69) is 15.6 Å². The molecule has 2 rings (SSSR count).